The number of nitrogens with zero attached hydrogens (tertiary/aromatic N) is 3. The van der Waals surface area contributed by atoms with E-state index < -0.39 is 5.54 Å². The second-order valence-electron chi connectivity index (χ2n) is 11.1. The highest BCUT2D eigenvalue weighted by Gasteiger charge is 2.48. The molecule has 0 unspecified atom stereocenters. The summed E-state index contributed by atoms with van der Waals surface area (Å²) in [5.74, 6) is 0.0315. The molecule has 7 heteroatoms. The number of fused-ring (bicyclic) bond motifs is 3. The van der Waals surface area contributed by atoms with Crippen LogP contribution in [0.15, 0.2) is 12.1 Å². The third-order valence-electron chi connectivity index (χ3n) is 8.50. The van der Waals surface area contributed by atoms with Gasteiger partial charge in [-0.15, -0.1) is 11.3 Å². The van der Waals surface area contributed by atoms with Gasteiger partial charge >= 0.3 is 0 Å². The lowest BCUT2D eigenvalue weighted by molar-refractivity contribution is -0.133. The summed E-state index contributed by atoms with van der Waals surface area (Å²) in [7, 11) is 0. The van der Waals surface area contributed by atoms with Crippen molar-refractivity contribution in [3.63, 3.8) is 0 Å². The van der Waals surface area contributed by atoms with Crippen molar-refractivity contribution in [3.05, 3.63) is 22.7 Å². The predicted octanol–water partition coefficient (Wildman–Crippen LogP) is 5.19. The van der Waals surface area contributed by atoms with Gasteiger partial charge in [-0.1, -0.05) is 39.0 Å². The van der Waals surface area contributed by atoms with Gasteiger partial charge in [-0.05, 0) is 77.2 Å². The molecule has 0 bridgehead atoms. The lowest BCUT2D eigenvalue weighted by atomic mass is 9.93. The predicted molar refractivity (Wildman–Crippen MR) is 143 cm³/mol. The lowest BCUT2D eigenvalue weighted by Crippen LogP contribution is -2.65. The van der Waals surface area contributed by atoms with Gasteiger partial charge in [0.2, 0.25) is 5.91 Å². The van der Waals surface area contributed by atoms with Crippen LogP contribution in [0.25, 0.3) is 10.2 Å². The Kier molecular flexibility index (Phi) is 7.54. The van der Waals surface area contributed by atoms with Crippen LogP contribution in [0.3, 0.4) is 0 Å². The number of piperidine rings is 1. The largest absolute Gasteiger partial charge is 0.351 e. The Morgan fingerprint density at radius 1 is 1.06 bits per heavy atom. The fraction of sp³-hybridized carbons (Fsp3) is 0.714. The van der Waals surface area contributed by atoms with E-state index in [0.717, 1.165) is 61.2 Å². The maximum Gasteiger partial charge on any atom is 0.271 e. The van der Waals surface area contributed by atoms with Gasteiger partial charge in [-0.3, -0.25) is 9.59 Å². The van der Waals surface area contributed by atoms with Crippen molar-refractivity contribution < 1.29 is 9.59 Å². The van der Waals surface area contributed by atoms with E-state index in [1.807, 2.05) is 11.8 Å². The number of thiophene rings is 1. The normalized spacial score (nSPS) is 24.5. The summed E-state index contributed by atoms with van der Waals surface area (Å²) in [6, 6.07) is 4.50. The summed E-state index contributed by atoms with van der Waals surface area (Å²) in [5.41, 5.74) is 0.974. The molecule has 35 heavy (non-hydrogen) atoms. The minimum Gasteiger partial charge on any atom is -0.351 e. The molecule has 0 radical (unpaired) electrons. The first-order valence-corrected chi connectivity index (χ1v) is 14.8. The molecule has 1 N–H and O–H groups in total. The third-order valence-corrected chi connectivity index (χ3v) is 9.71. The second-order valence-corrected chi connectivity index (χ2v) is 12.2. The highest BCUT2D eigenvalue weighted by atomic mass is 32.1. The van der Waals surface area contributed by atoms with Crippen molar-refractivity contribution in [2.45, 2.75) is 103 Å². The van der Waals surface area contributed by atoms with Crippen LogP contribution in [0.1, 0.15) is 93.4 Å². The molecule has 0 aromatic carbocycles. The van der Waals surface area contributed by atoms with Crippen LogP contribution in [-0.2, 0) is 17.8 Å². The van der Waals surface area contributed by atoms with Crippen LogP contribution in [0.5, 0.6) is 0 Å². The van der Waals surface area contributed by atoms with E-state index in [2.05, 4.69) is 33.8 Å². The Hall–Kier alpha value is -1.86. The van der Waals surface area contributed by atoms with E-state index in [9.17, 15) is 9.59 Å². The molecular formula is C28H42N4O2S. The van der Waals surface area contributed by atoms with Crippen LogP contribution >= 0.6 is 11.3 Å². The molecule has 1 aliphatic carbocycles. The first kappa shape index (κ1) is 24.8. The number of hydrogen-bond donors (Lipinski definition) is 1. The number of rotatable bonds is 7. The average Bonchev–Trinajstić information content (AvgIpc) is 3.30. The molecule has 1 saturated heterocycles. The van der Waals surface area contributed by atoms with Gasteiger partial charge in [0.05, 0.1) is 16.8 Å². The molecule has 2 aromatic heterocycles. The Balaban J connectivity index is 1.40. The number of aryl methyl sites for hydroxylation is 1. The minimum atomic E-state index is -0.876. The van der Waals surface area contributed by atoms with Gasteiger partial charge in [0.1, 0.15) is 11.2 Å². The summed E-state index contributed by atoms with van der Waals surface area (Å²) in [4.78, 5) is 33.6. The maximum atomic E-state index is 13.9. The number of hydrogen-bond acceptors (Lipinski definition) is 4. The molecular weight excluding hydrogens is 456 g/mol. The average molecular weight is 499 g/mol. The smallest absolute Gasteiger partial charge is 0.271 e. The molecule has 1 saturated carbocycles. The summed E-state index contributed by atoms with van der Waals surface area (Å²) in [5, 5.41) is 3.39. The molecule has 5 rings (SSSR count). The topological polar surface area (TPSA) is 57.6 Å². The lowest BCUT2D eigenvalue weighted by Gasteiger charge is -2.45. The number of aromatic nitrogens is 1. The zero-order valence-electron chi connectivity index (χ0n) is 21.6. The Morgan fingerprint density at radius 3 is 2.49 bits per heavy atom. The van der Waals surface area contributed by atoms with Crippen LogP contribution in [0.4, 0.5) is 0 Å². The van der Waals surface area contributed by atoms with Crippen LogP contribution < -0.4 is 5.32 Å². The molecule has 1 atom stereocenters. The number of likely N-dealkylation sites (tertiary alicyclic amines) is 1. The molecule has 2 fully saturated rings. The van der Waals surface area contributed by atoms with E-state index in [0.29, 0.717) is 13.1 Å². The van der Waals surface area contributed by atoms with E-state index in [1.165, 1.54) is 49.8 Å². The van der Waals surface area contributed by atoms with Gasteiger partial charge in [0.25, 0.3) is 5.91 Å². The Bertz CT molecular complexity index is 1040. The Morgan fingerprint density at radius 2 is 1.77 bits per heavy atom. The molecule has 4 heterocycles. The van der Waals surface area contributed by atoms with Crippen molar-refractivity contribution in [2.24, 2.45) is 0 Å². The fourth-order valence-electron chi connectivity index (χ4n) is 6.31. The summed E-state index contributed by atoms with van der Waals surface area (Å²) < 4.78 is 3.29. The molecule has 2 amide bonds. The number of amides is 2. The molecule has 192 valence electrons. The van der Waals surface area contributed by atoms with E-state index in [-0.39, 0.29) is 17.9 Å². The third kappa shape index (κ3) is 5.04. The molecule has 6 nitrogen and oxygen atoms in total. The Labute approximate surface area is 214 Å². The highest BCUT2D eigenvalue weighted by molar-refractivity contribution is 7.19. The first-order valence-electron chi connectivity index (χ1n) is 14.0. The highest BCUT2D eigenvalue weighted by Crippen LogP contribution is 2.36. The van der Waals surface area contributed by atoms with Crippen LogP contribution in [-0.4, -0.2) is 63.9 Å². The van der Waals surface area contributed by atoms with Crippen molar-refractivity contribution in [1.29, 1.82) is 0 Å². The molecule has 2 aliphatic heterocycles. The number of carbonyl (C=O) groups is 2. The quantitative estimate of drug-likeness (QED) is 0.534. The van der Waals surface area contributed by atoms with Crippen molar-refractivity contribution in [1.82, 2.24) is 19.7 Å². The molecule has 2 aromatic rings. The monoisotopic (exact) mass is 498 g/mol. The summed E-state index contributed by atoms with van der Waals surface area (Å²) in [6.45, 7) is 8.64. The summed E-state index contributed by atoms with van der Waals surface area (Å²) >= 11 is 1.77. The SMILES string of the molecule is CCc1cc2c(cc3n2C[C@](C)(C(=O)NC2CCCCCC2)N(CCCN2CCCCC2)C3=O)s1. The van der Waals surface area contributed by atoms with E-state index in [1.54, 1.807) is 11.3 Å². The fourth-order valence-corrected chi connectivity index (χ4v) is 7.35. The van der Waals surface area contributed by atoms with E-state index >= 15 is 0 Å². The second kappa shape index (κ2) is 10.6. The van der Waals surface area contributed by atoms with Gasteiger partial charge in [-0.25, -0.2) is 0 Å². The van der Waals surface area contributed by atoms with Gasteiger partial charge in [-0.2, -0.15) is 0 Å². The minimum absolute atomic E-state index is 0.00913. The molecule has 3 aliphatic rings. The summed E-state index contributed by atoms with van der Waals surface area (Å²) in [6.07, 6.45) is 12.7. The van der Waals surface area contributed by atoms with E-state index in [4.69, 9.17) is 0 Å². The van der Waals surface area contributed by atoms with Crippen molar-refractivity contribution >= 4 is 33.4 Å². The standard InChI is InChI=1S/C28H42N4O2S/c1-3-22-18-23-25(35-22)19-24-26(33)32(17-11-16-30-14-9-6-10-15-30)28(2,20-31(23)24)27(34)29-21-12-7-4-5-8-13-21/h18-19,21H,3-17,20H2,1-2H3,(H,29,34)/t28-/m1/s1. The van der Waals surface area contributed by atoms with Crippen LogP contribution in [0, 0.1) is 0 Å². The number of carbonyl (C=O) groups excluding carboxylic acids is 2. The van der Waals surface area contributed by atoms with Crippen molar-refractivity contribution in [2.75, 3.05) is 26.2 Å². The van der Waals surface area contributed by atoms with Gasteiger partial charge in [0, 0.05) is 17.5 Å². The zero-order valence-corrected chi connectivity index (χ0v) is 22.4. The van der Waals surface area contributed by atoms with Crippen molar-refractivity contribution in [3.8, 4) is 0 Å². The molecule has 0 spiro atoms. The first-order chi connectivity index (χ1) is 17.0. The van der Waals surface area contributed by atoms with Crippen LogP contribution in [0.2, 0.25) is 0 Å². The van der Waals surface area contributed by atoms with Gasteiger partial charge < -0.3 is 19.7 Å². The van der Waals surface area contributed by atoms with Gasteiger partial charge in [0.15, 0.2) is 0 Å². The maximum absolute atomic E-state index is 13.9. The zero-order chi connectivity index (χ0) is 24.4. The number of nitrogens with one attached hydrogen (secondary N) is 1.